The molecule has 1 unspecified atom stereocenters. The van der Waals surface area contributed by atoms with Crippen molar-refractivity contribution in [2.24, 2.45) is 0 Å². The lowest BCUT2D eigenvalue weighted by Gasteiger charge is -2.34. The number of aliphatic hydroxyl groups excluding tert-OH is 1. The Labute approximate surface area is 109 Å². The van der Waals surface area contributed by atoms with Gasteiger partial charge in [-0.1, -0.05) is 0 Å². The predicted molar refractivity (Wildman–Crippen MR) is 61.1 cm³/mol. The van der Waals surface area contributed by atoms with Crippen molar-refractivity contribution in [3.63, 3.8) is 0 Å². The van der Waals surface area contributed by atoms with Crippen LogP contribution in [0.5, 0.6) is 0 Å². The molecule has 0 saturated carbocycles. The lowest BCUT2D eigenvalue weighted by molar-refractivity contribution is -0.141. The number of nitriles is 1. The van der Waals surface area contributed by atoms with Crippen LogP contribution in [-0.4, -0.2) is 76.5 Å². The molecular weight excluding hydrogens is 254 g/mol. The number of amides is 2. The Bertz CT molecular complexity index is 421. The second-order valence-corrected chi connectivity index (χ2v) is 4.61. The van der Waals surface area contributed by atoms with Gasteiger partial charge in [-0.25, -0.2) is 9.59 Å². The van der Waals surface area contributed by atoms with Crippen LogP contribution in [0.1, 0.15) is 6.42 Å². The van der Waals surface area contributed by atoms with Gasteiger partial charge in [0.2, 0.25) is 0 Å². The van der Waals surface area contributed by atoms with Gasteiger partial charge in [-0.2, -0.15) is 5.26 Å². The first kappa shape index (κ1) is 13.6. The van der Waals surface area contributed by atoms with Crippen molar-refractivity contribution in [1.29, 1.82) is 5.26 Å². The first-order valence-electron chi connectivity index (χ1n) is 6.00. The molecule has 19 heavy (non-hydrogen) atoms. The topological polar surface area (TPSA) is 114 Å². The standard InChI is InChI=1S/C11H15N3O5/c12-4-8-6-13(1-2-19-8)11(18)14-5-7(15)3-9(14)10(16)17/h7-9,15H,1-3,5-6H2,(H,16,17)/t7-,8?,9+/m1/s1. The molecule has 0 aliphatic carbocycles. The molecule has 0 spiro atoms. The lowest BCUT2D eigenvalue weighted by Crippen LogP contribution is -2.53. The Morgan fingerprint density at radius 3 is 2.74 bits per heavy atom. The summed E-state index contributed by atoms with van der Waals surface area (Å²) in [5.41, 5.74) is 0. The molecule has 3 atom stereocenters. The van der Waals surface area contributed by atoms with E-state index < -0.39 is 30.3 Å². The van der Waals surface area contributed by atoms with Gasteiger partial charge in [0, 0.05) is 19.5 Å². The molecule has 2 aliphatic rings. The molecule has 8 heteroatoms. The Balaban J connectivity index is 2.06. The SMILES string of the molecule is N#CC1CN(C(=O)N2C[C@H](O)C[C@H]2C(=O)O)CCO1. The first-order chi connectivity index (χ1) is 9.02. The number of nitrogens with zero attached hydrogens (tertiary/aromatic N) is 3. The van der Waals surface area contributed by atoms with E-state index in [2.05, 4.69) is 0 Å². The number of aliphatic hydroxyl groups is 1. The summed E-state index contributed by atoms with van der Waals surface area (Å²) in [6.07, 6.45) is -1.47. The summed E-state index contributed by atoms with van der Waals surface area (Å²) in [4.78, 5) is 25.8. The van der Waals surface area contributed by atoms with Crippen LogP contribution in [0.25, 0.3) is 0 Å². The Kier molecular flexibility index (Phi) is 3.87. The fraction of sp³-hybridized carbons (Fsp3) is 0.727. The molecule has 0 bridgehead atoms. The van der Waals surface area contributed by atoms with Crippen molar-refractivity contribution in [3.8, 4) is 6.07 Å². The van der Waals surface area contributed by atoms with Gasteiger partial charge in [-0.15, -0.1) is 0 Å². The maximum absolute atomic E-state index is 12.2. The average molecular weight is 269 g/mol. The van der Waals surface area contributed by atoms with Crippen LogP contribution in [0.3, 0.4) is 0 Å². The van der Waals surface area contributed by atoms with Gasteiger partial charge < -0.3 is 24.7 Å². The van der Waals surface area contributed by atoms with Gasteiger partial charge in [0.1, 0.15) is 6.04 Å². The molecular formula is C11H15N3O5. The Morgan fingerprint density at radius 2 is 2.11 bits per heavy atom. The number of carbonyl (C=O) groups excluding carboxylic acids is 1. The molecule has 8 nitrogen and oxygen atoms in total. The fourth-order valence-corrected chi connectivity index (χ4v) is 2.34. The van der Waals surface area contributed by atoms with Crippen LogP contribution in [0.15, 0.2) is 0 Å². The number of urea groups is 1. The molecule has 2 rings (SSSR count). The smallest absolute Gasteiger partial charge is 0.326 e. The summed E-state index contributed by atoms with van der Waals surface area (Å²) in [6.45, 7) is 0.687. The summed E-state index contributed by atoms with van der Waals surface area (Å²) in [5.74, 6) is -1.13. The number of β-amino-alcohol motifs (C(OH)–C–C–N with tert-alkyl or cyclic N) is 1. The number of carboxylic acid groups (broad SMARTS) is 1. The van der Waals surface area contributed by atoms with Crippen molar-refractivity contribution in [2.45, 2.75) is 24.7 Å². The zero-order valence-electron chi connectivity index (χ0n) is 10.2. The molecule has 0 aromatic carbocycles. The number of aliphatic carboxylic acids is 1. The van der Waals surface area contributed by atoms with E-state index in [1.54, 1.807) is 0 Å². The third-order valence-corrected chi connectivity index (χ3v) is 3.29. The van der Waals surface area contributed by atoms with E-state index in [9.17, 15) is 14.7 Å². The van der Waals surface area contributed by atoms with E-state index in [0.717, 1.165) is 4.90 Å². The van der Waals surface area contributed by atoms with E-state index in [4.69, 9.17) is 15.1 Å². The van der Waals surface area contributed by atoms with Crippen molar-refractivity contribution < 1.29 is 24.5 Å². The lowest BCUT2D eigenvalue weighted by atomic mass is 10.2. The zero-order chi connectivity index (χ0) is 14.0. The van der Waals surface area contributed by atoms with Gasteiger partial charge in [0.15, 0.2) is 6.10 Å². The van der Waals surface area contributed by atoms with E-state index in [0.29, 0.717) is 6.54 Å². The van der Waals surface area contributed by atoms with Crippen LogP contribution < -0.4 is 0 Å². The number of carbonyl (C=O) groups is 2. The molecule has 2 aliphatic heterocycles. The van der Waals surface area contributed by atoms with Crippen LogP contribution in [0.2, 0.25) is 0 Å². The molecule has 2 saturated heterocycles. The molecule has 0 aromatic rings. The van der Waals surface area contributed by atoms with Crippen LogP contribution in [-0.2, 0) is 9.53 Å². The average Bonchev–Trinajstić information content (AvgIpc) is 2.80. The molecule has 104 valence electrons. The number of morpholine rings is 1. The van der Waals surface area contributed by atoms with E-state index in [-0.39, 0.29) is 26.1 Å². The highest BCUT2D eigenvalue weighted by molar-refractivity contribution is 5.83. The number of carboxylic acids is 1. The molecule has 0 aromatic heterocycles. The van der Waals surface area contributed by atoms with Crippen molar-refractivity contribution in [3.05, 3.63) is 0 Å². The number of rotatable bonds is 1. The van der Waals surface area contributed by atoms with Gasteiger partial charge in [-0.05, 0) is 0 Å². The van der Waals surface area contributed by atoms with Crippen LogP contribution >= 0.6 is 0 Å². The summed E-state index contributed by atoms with van der Waals surface area (Å²) >= 11 is 0. The van der Waals surface area contributed by atoms with Crippen molar-refractivity contribution in [2.75, 3.05) is 26.2 Å². The van der Waals surface area contributed by atoms with Gasteiger partial charge in [0.25, 0.3) is 0 Å². The summed E-state index contributed by atoms with van der Waals surface area (Å²) < 4.78 is 5.13. The Hall–Kier alpha value is -1.85. The first-order valence-corrected chi connectivity index (χ1v) is 6.00. The minimum Gasteiger partial charge on any atom is -0.480 e. The predicted octanol–water partition coefficient (Wildman–Crippen LogP) is -1.15. The molecule has 0 radical (unpaired) electrons. The van der Waals surface area contributed by atoms with E-state index in [1.165, 1.54) is 4.90 Å². The highest BCUT2D eigenvalue weighted by Crippen LogP contribution is 2.21. The second kappa shape index (κ2) is 5.42. The third-order valence-electron chi connectivity index (χ3n) is 3.29. The van der Waals surface area contributed by atoms with Crippen molar-refractivity contribution >= 4 is 12.0 Å². The van der Waals surface area contributed by atoms with Crippen LogP contribution in [0, 0.1) is 11.3 Å². The molecule has 2 fully saturated rings. The Morgan fingerprint density at radius 1 is 1.37 bits per heavy atom. The quantitative estimate of drug-likeness (QED) is 0.621. The normalized spacial score (nSPS) is 31.1. The third kappa shape index (κ3) is 2.77. The minimum absolute atomic E-state index is 0.00434. The minimum atomic E-state index is -1.13. The maximum Gasteiger partial charge on any atom is 0.326 e. The number of hydrogen-bond acceptors (Lipinski definition) is 5. The monoisotopic (exact) mass is 269 g/mol. The molecule has 2 amide bonds. The maximum atomic E-state index is 12.2. The number of ether oxygens (including phenoxy) is 1. The summed E-state index contributed by atoms with van der Waals surface area (Å²) in [6, 6.07) is 0.448. The highest BCUT2D eigenvalue weighted by Gasteiger charge is 2.41. The fourth-order valence-electron chi connectivity index (χ4n) is 2.34. The molecule has 2 N–H and O–H groups in total. The van der Waals surface area contributed by atoms with Gasteiger partial charge in [0.05, 0.1) is 25.3 Å². The summed E-state index contributed by atoms with van der Waals surface area (Å²) in [5, 5.41) is 27.3. The van der Waals surface area contributed by atoms with E-state index >= 15 is 0 Å². The van der Waals surface area contributed by atoms with Crippen molar-refractivity contribution in [1.82, 2.24) is 9.80 Å². The molecule has 2 heterocycles. The van der Waals surface area contributed by atoms with E-state index in [1.807, 2.05) is 6.07 Å². The second-order valence-electron chi connectivity index (χ2n) is 4.61. The summed E-state index contributed by atoms with van der Waals surface area (Å²) in [7, 11) is 0. The van der Waals surface area contributed by atoms with Crippen LogP contribution in [0.4, 0.5) is 4.79 Å². The highest BCUT2D eigenvalue weighted by atomic mass is 16.5. The zero-order valence-corrected chi connectivity index (χ0v) is 10.2. The van der Waals surface area contributed by atoms with Gasteiger partial charge >= 0.3 is 12.0 Å². The largest absolute Gasteiger partial charge is 0.480 e. The number of likely N-dealkylation sites (tertiary alicyclic amines) is 1. The number of hydrogen-bond donors (Lipinski definition) is 2. The van der Waals surface area contributed by atoms with Gasteiger partial charge in [-0.3, -0.25) is 0 Å².